The monoisotopic (exact) mass is 417 g/mol. The quantitative estimate of drug-likeness (QED) is 0.465. The van der Waals surface area contributed by atoms with Crippen LogP contribution in [0.3, 0.4) is 0 Å². The minimum absolute atomic E-state index is 0.246. The van der Waals surface area contributed by atoms with Gasteiger partial charge in [0.2, 0.25) is 5.91 Å². The number of halogens is 3. The average molecular weight is 419 g/mol. The molecule has 9 heteroatoms. The third-order valence-electron chi connectivity index (χ3n) is 3.59. The van der Waals surface area contributed by atoms with E-state index in [1.165, 1.54) is 0 Å². The number of unbranched alkanes of at least 4 members (excludes halogenated alkanes) is 2. The predicted octanol–water partition coefficient (Wildman–Crippen LogP) is 5.40. The van der Waals surface area contributed by atoms with Crippen LogP contribution in [0.1, 0.15) is 31.4 Å². The normalized spacial score (nSPS) is 10.6. The lowest BCUT2D eigenvalue weighted by molar-refractivity contribution is -0.120. The van der Waals surface area contributed by atoms with Gasteiger partial charge in [-0.25, -0.2) is 4.79 Å². The Bertz CT molecular complexity index is 773. The van der Waals surface area contributed by atoms with Crippen molar-refractivity contribution in [2.24, 2.45) is 0 Å². The fraction of sp³-hybridized carbons (Fsp3) is 0.353. The number of aryl methyl sites for hydroxylation is 1. The summed E-state index contributed by atoms with van der Waals surface area (Å²) in [6.07, 6.45) is 2.58. The van der Waals surface area contributed by atoms with Crippen LogP contribution in [-0.2, 0) is 4.79 Å². The first-order valence-electron chi connectivity index (χ1n) is 8.01. The van der Waals surface area contributed by atoms with Crippen LogP contribution in [0.2, 0.25) is 10.0 Å². The van der Waals surface area contributed by atoms with E-state index >= 15 is 0 Å². The molecule has 0 saturated carbocycles. The van der Waals surface area contributed by atoms with Crippen molar-refractivity contribution in [3.05, 3.63) is 34.0 Å². The van der Waals surface area contributed by atoms with Crippen LogP contribution in [0.4, 0.5) is 10.5 Å². The number of aromatic nitrogens is 1. The Labute approximate surface area is 166 Å². The van der Waals surface area contributed by atoms with Crippen molar-refractivity contribution in [2.45, 2.75) is 32.6 Å². The summed E-state index contributed by atoms with van der Waals surface area (Å²) >= 11 is 18.0. The molecular weight excluding hydrogens is 401 g/mol. The number of nitrogens with one attached hydrogen (secondary N) is 2. The van der Waals surface area contributed by atoms with Gasteiger partial charge in [-0.15, -0.1) is 11.6 Å². The largest absolute Gasteiger partial charge is 0.359 e. The number of benzene rings is 1. The first kappa shape index (κ1) is 20.6. The third kappa shape index (κ3) is 5.37. The third-order valence-corrected chi connectivity index (χ3v) is 4.49. The Morgan fingerprint density at radius 3 is 2.50 bits per heavy atom. The zero-order chi connectivity index (χ0) is 19.1. The molecule has 2 rings (SSSR count). The molecule has 1 aromatic heterocycles. The van der Waals surface area contributed by atoms with Crippen molar-refractivity contribution in [1.82, 2.24) is 10.5 Å². The second kappa shape index (κ2) is 9.80. The highest BCUT2D eigenvalue weighted by Gasteiger charge is 2.21. The van der Waals surface area contributed by atoms with Crippen molar-refractivity contribution in [3.8, 4) is 11.3 Å². The van der Waals surface area contributed by atoms with E-state index in [9.17, 15) is 9.59 Å². The van der Waals surface area contributed by atoms with E-state index in [1.54, 1.807) is 25.1 Å². The van der Waals surface area contributed by atoms with E-state index in [-0.39, 0.29) is 12.3 Å². The van der Waals surface area contributed by atoms with Gasteiger partial charge in [0.05, 0.1) is 10.0 Å². The summed E-state index contributed by atoms with van der Waals surface area (Å²) in [5.41, 5.74) is 1.03. The van der Waals surface area contributed by atoms with Crippen LogP contribution in [0.25, 0.3) is 11.3 Å². The van der Waals surface area contributed by atoms with E-state index in [2.05, 4.69) is 15.8 Å². The molecule has 6 nitrogen and oxygen atoms in total. The van der Waals surface area contributed by atoms with Crippen molar-refractivity contribution < 1.29 is 14.1 Å². The summed E-state index contributed by atoms with van der Waals surface area (Å²) in [5.74, 6) is 0.548. The highest BCUT2D eigenvalue weighted by Crippen LogP contribution is 2.39. The molecule has 0 unspecified atom stereocenters. The van der Waals surface area contributed by atoms with Gasteiger partial charge in [-0.3, -0.25) is 10.1 Å². The van der Waals surface area contributed by atoms with Gasteiger partial charge in [-0.1, -0.05) is 40.8 Å². The molecule has 0 spiro atoms. The molecule has 0 aliphatic heterocycles. The van der Waals surface area contributed by atoms with Crippen molar-refractivity contribution in [1.29, 1.82) is 0 Å². The molecule has 1 heterocycles. The van der Waals surface area contributed by atoms with Crippen LogP contribution in [-0.4, -0.2) is 23.0 Å². The average Bonchev–Trinajstić information content (AvgIpc) is 2.92. The maximum atomic E-state index is 12.1. The number of imide groups is 1. The summed E-state index contributed by atoms with van der Waals surface area (Å²) in [7, 11) is 0. The van der Waals surface area contributed by atoms with Gasteiger partial charge in [0, 0.05) is 17.9 Å². The Hall–Kier alpha value is -1.76. The number of carbonyl (C=O) groups is 2. The summed E-state index contributed by atoms with van der Waals surface area (Å²) in [6.45, 7) is 1.63. The number of nitrogens with zero attached hydrogens (tertiary/aromatic N) is 1. The van der Waals surface area contributed by atoms with Crippen molar-refractivity contribution in [3.63, 3.8) is 0 Å². The van der Waals surface area contributed by atoms with Crippen LogP contribution in [0.5, 0.6) is 0 Å². The van der Waals surface area contributed by atoms with Gasteiger partial charge in [-0.05, 0) is 31.9 Å². The fourth-order valence-electron chi connectivity index (χ4n) is 2.30. The van der Waals surface area contributed by atoms with Crippen LogP contribution in [0.15, 0.2) is 22.7 Å². The summed E-state index contributed by atoms with van der Waals surface area (Å²) in [5, 5.41) is 9.51. The number of amides is 3. The molecule has 26 heavy (non-hydrogen) atoms. The molecule has 3 amide bonds. The highest BCUT2D eigenvalue weighted by atomic mass is 35.5. The van der Waals surface area contributed by atoms with Crippen LogP contribution >= 0.6 is 34.8 Å². The summed E-state index contributed by atoms with van der Waals surface area (Å²) in [6, 6.07) is 4.33. The zero-order valence-corrected chi connectivity index (χ0v) is 16.3. The molecule has 0 saturated heterocycles. The Morgan fingerprint density at radius 2 is 1.85 bits per heavy atom. The number of alkyl halides is 1. The van der Waals surface area contributed by atoms with E-state index in [0.717, 1.165) is 12.8 Å². The second-order valence-electron chi connectivity index (χ2n) is 5.56. The van der Waals surface area contributed by atoms with Crippen molar-refractivity contribution >= 4 is 52.4 Å². The van der Waals surface area contributed by atoms with Gasteiger partial charge in [0.15, 0.2) is 5.76 Å². The van der Waals surface area contributed by atoms with E-state index in [4.69, 9.17) is 39.3 Å². The molecule has 140 valence electrons. The van der Waals surface area contributed by atoms with Crippen LogP contribution in [0, 0.1) is 6.92 Å². The minimum atomic E-state index is -0.678. The maximum absolute atomic E-state index is 12.1. The lowest BCUT2D eigenvalue weighted by atomic mass is 10.1. The Kier molecular flexibility index (Phi) is 7.75. The number of rotatable bonds is 7. The van der Waals surface area contributed by atoms with Gasteiger partial charge in [0.25, 0.3) is 0 Å². The molecule has 0 aliphatic carbocycles. The van der Waals surface area contributed by atoms with E-state index in [1.807, 2.05) is 0 Å². The lowest BCUT2D eigenvalue weighted by Crippen LogP contribution is -2.34. The molecule has 0 radical (unpaired) electrons. The van der Waals surface area contributed by atoms with Crippen molar-refractivity contribution in [2.75, 3.05) is 11.2 Å². The fourth-order valence-corrected chi connectivity index (χ4v) is 3.07. The number of urea groups is 1. The number of hydrogen-bond acceptors (Lipinski definition) is 4. The summed E-state index contributed by atoms with van der Waals surface area (Å²) in [4.78, 5) is 23.9. The Balaban J connectivity index is 2.07. The predicted molar refractivity (Wildman–Crippen MR) is 103 cm³/mol. The maximum Gasteiger partial charge on any atom is 0.326 e. The first-order chi connectivity index (χ1) is 12.4. The summed E-state index contributed by atoms with van der Waals surface area (Å²) < 4.78 is 5.15. The molecule has 0 atom stereocenters. The highest BCUT2D eigenvalue weighted by molar-refractivity contribution is 6.39. The van der Waals surface area contributed by atoms with Crippen LogP contribution < -0.4 is 10.6 Å². The molecule has 0 fully saturated rings. The topological polar surface area (TPSA) is 84.2 Å². The molecule has 2 aromatic rings. The Morgan fingerprint density at radius 1 is 1.15 bits per heavy atom. The second-order valence-corrected chi connectivity index (χ2v) is 6.75. The number of carbonyl (C=O) groups excluding carboxylic acids is 2. The zero-order valence-electron chi connectivity index (χ0n) is 14.1. The van der Waals surface area contributed by atoms with E-state index in [0.29, 0.717) is 45.1 Å². The van der Waals surface area contributed by atoms with Gasteiger partial charge in [0.1, 0.15) is 11.4 Å². The molecule has 1 aromatic carbocycles. The smallest absolute Gasteiger partial charge is 0.326 e. The molecule has 2 N–H and O–H groups in total. The molecular formula is C17H18Cl3N3O3. The van der Waals surface area contributed by atoms with Gasteiger partial charge >= 0.3 is 6.03 Å². The molecule has 0 aliphatic rings. The lowest BCUT2D eigenvalue weighted by Gasteiger charge is -2.09. The SMILES string of the molecule is Cc1onc(-c2c(Cl)cccc2Cl)c1NC(=O)NC(=O)CCCCCCl. The van der Waals surface area contributed by atoms with Gasteiger partial charge in [-0.2, -0.15) is 0 Å². The van der Waals surface area contributed by atoms with E-state index < -0.39 is 6.03 Å². The first-order valence-corrected chi connectivity index (χ1v) is 9.30. The molecule has 0 bridgehead atoms. The minimum Gasteiger partial charge on any atom is -0.359 e. The number of anilines is 1. The number of hydrogen-bond donors (Lipinski definition) is 2. The standard InChI is InChI=1S/C17H18Cl3N3O3/c1-10-15(22-17(25)21-13(24)8-3-2-4-9-18)16(23-26-10)14-11(19)6-5-7-12(14)20/h5-7H,2-4,8-9H2,1H3,(H2,21,22,24,25). The van der Waals surface area contributed by atoms with Gasteiger partial charge < -0.3 is 9.84 Å².